The molecule has 0 saturated carbocycles. The van der Waals surface area contributed by atoms with Crippen molar-refractivity contribution in [1.29, 1.82) is 0 Å². The number of nitrogen functional groups attached to an aromatic ring is 1. The maximum atomic E-state index is 12.6. The van der Waals surface area contributed by atoms with Crippen molar-refractivity contribution in [1.82, 2.24) is 9.97 Å². The second-order valence-electron chi connectivity index (χ2n) is 5.32. The van der Waals surface area contributed by atoms with Crippen molar-refractivity contribution in [2.24, 2.45) is 0 Å². The molecule has 0 spiro atoms. The predicted molar refractivity (Wildman–Crippen MR) is 95.9 cm³/mol. The van der Waals surface area contributed by atoms with Gasteiger partial charge in [0.2, 0.25) is 0 Å². The fourth-order valence-electron chi connectivity index (χ4n) is 2.18. The van der Waals surface area contributed by atoms with Crippen LogP contribution in [0.15, 0.2) is 54.9 Å². The summed E-state index contributed by atoms with van der Waals surface area (Å²) < 4.78 is 37.9. The zero-order chi connectivity index (χ0) is 18.7. The summed E-state index contributed by atoms with van der Waals surface area (Å²) in [6.07, 6.45) is -3.10. The topological polar surface area (TPSA) is 75.9 Å². The van der Waals surface area contributed by atoms with E-state index in [0.29, 0.717) is 22.2 Å². The molecule has 0 aliphatic heterocycles. The van der Waals surface area contributed by atoms with Gasteiger partial charge in [-0.1, -0.05) is 17.7 Å². The number of aromatic nitrogens is 2. The number of anilines is 5. The van der Waals surface area contributed by atoms with E-state index in [2.05, 4.69) is 20.6 Å². The molecule has 1 aromatic heterocycles. The van der Waals surface area contributed by atoms with E-state index in [1.54, 1.807) is 24.3 Å². The van der Waals surface area contributed by atoms with E-state index in [1.807, 2.05) is 0 Å². The molecule has 0 saturated heterocycles. The number of nitrogens with zero attached hydrogens (tertiary/aromatic N) is 2. The molecule has 3 rings (SSSR count). The average Bonchev–Trinajstić information content (AvgIpc) is 2.58. The van der Waals surface area contributed by atoms with Crippen molar-refractivity contribution in [3.05, 3.63) is 65.4 Å². The summed E-state index contributed by atoms with van der Waals surface area (Å²) in [4.78, 5) is 8.10. The Kier molecular flexibility index (Phi) is 4.85. The second kappa shape index (κ2) is 7.09. The van der Waals surface area contributed by atoms with Crippen molar-refractivity contribution in [3.63, 3.8) is 0 Å². The summed E-state index contributed by atoms with van der Waals surface area (Å²) in [6.45, 7) is 0. The summed E-state index contributed by atoms with van der Waals surface area (Å²) in [5.74, 6) is 0.612. The normalized spacial score (nSPS) is 11.2. The first kappa shape index (κ1) is 17.8. The van der Waals surface area contributed by atoms with Crippen LogP contribution >= 0.6 is 11.6 Å². The third kappa shape index (κ3) is 4.15. The van der Waals surface area contributed by atoms with Crippen molar-refractivity contribution in [3.8, 4) is 0 Å². The number of halogens is 4. The van der Waals surface area contributed by atoms with Gasteiger partial charge in [-0.05, 0) is 42.5 Å². The van der Waals surface area contributed by atoms with Crippen LogP contribution in [0.3, 0.4) is 0 Å². The van der Waals surface area contributed by atoms with Gasteiger partial charge in [0.15, 0.2) is 11.6 Å². The van der Waals surface area contributed by atoms with Gasteiger partial charge in [-0.2, -0.15) is 13.2 Å². The van der Waals surface area contributed by atoms with Crippen LogP contribution in [0.1, 0.15) is 5.56 Å². The molecular weight excluding hydrogens is 367 g/mol. The van der Waals surface area contributed by atoms with E-state index in [-0.39, 0.29) is 11.5 Å². The van der Waals surface area contributed by atoms with Crippen LogP contribution in [0.4, 0.5) is 41.9 Å². The highest BCUT2D eigenvalue weighted by Gasteiger charge is 2.29. The molecule has 0 aliphatic rings. The highest BCUT2D eigenvalue weighted by Crippen LogP contribution is 2.32. The van der Waals surface area contributed by atoms with Crippen molar-refractivity contribution in [2.75, 3.05) is 16.4 Å². The van der Waals surface area contributed by atoms with Gasteiger partial charge in [0.1, 0.15) is 12.0 Å². The van der Waals surface area contributed by atoms with E-state index in [1.165, 1.54) is 18.5 Å². The molecule has 0 unspecified atom stereocenters. The number of benzene rings is 2. The monoisotopic (exact) mass is 379 g/mol. The number of rotatable bonds is 4. The number of nitrogens with one attached hydrogen (secondary N) is 2. The summed E-state index contributed by atoms with van der Waals surface area (Å²) in [5.41, 5.74) is 6.63. The van der Waals surface area contributed by atoms with Crippen molar-refractivity contribution < 1.29 is 13.2 Å². The van der Waals surface area contributed by atoms with Gasteiger partial charge in [0.05, 0.1) is 5.56 Å². The molecule has 4 N–H and O–H groups in total. The molecule has 1 heterocycles. The molecule has 0 aliphatic carbocycles. The van der Waals surface area contributed by atoms with Crippen molar-refractivity contribution in [2.45, 2.75) is 6.18 Å². The van der Waals surface area contributed by atoms with Crippen LogP contribution in [0, 0.1) is 0 Å². The molecule has 26 heavy (non-hydrogen) atoms. The number of hydrogen-bond acceptors (Lipinski definition) is 5. The van der Waals surface area contributed by atoms with Crippen LogP contribution in [-0.4, -0.2) is 9.97 Å². The van der Waals surface area contributed by atoms with Crippen molar-refractivity contribution >= 4 is 40.3 Å². The Bertz CT molecular complexity index is 913. The van der Waals surface area contributed by atoms with E-state index in [9.17, 15) is 13.2 Å². The van der Waals surface area contributed by atoms with Gasteiger partial charge < -0.3 is 16.4 Å². The first-order chi connectivity index (χ1) is 12.3. The Morgan fingerprint density at radius 1 is 0.885 bits per heavy atom. The van der Waals surface area contributed by atoms with Crippen LogP contribution in [0.5, 0.6) is 0 Å². The number of nitrogens with two attached hydrogens (primary N) is 1. The smallest absolute Gasteiger partial charge is 0.393 e. The predicted octanol–water partition coefficient (Wildman–Crippen LogP) is 5.22. The van der Waals surface area contributed by atoms with Gasteiger partial charge in [-0.25, -0.2) is 9.97 Å². The molecule has 0 radical (unpaired) electrons. The Morgan fingerprint density at radius 3 is 2.08 bits per heavy atom. The third-order valence-corrected chi connectivity index (χ3v) is 3.68. The number of hydrogen-bond donors (Lipinski definition) is 3. The van der Waals surface area contributed by atoms with Crippen LogP contribution in [0.2, 0.25) is 5.02 Å². The van der Waals surface area contributed by atoms with E-state index >= 15 is 0 Å². The molecule has 9 heteroatoms. The number of alkyl halides is 3. The quantitative estimate of drug-likeness (QED) is 0.579. The molecule has 3 aromatic rings. The third-order valence-electron chi connectivity index (χ3n) is 3.45. The van der Waals surface area contributed by atoms with Gasteiger partial charge in [-0.15, -0.1) is 0 Å². The highest BCUT2D eigenvalue weighted by atomic mass is 35.5. The van der Waals surface area contributed by atoms with E-state index in [4.69, 9.17) is 17.3 Å². The molecule has 134 valence electrons. The zero-order valence-electron chi connectivity index (χ0n) is 13.2. The van der Waals surface area contributed by atoms with Crippen LogP contribution in [-0.2, 0) is 6.18 Å². The van der Waals surface area contributed by atoms with Gasteiger partial charge in [-0.3, -0.25) is 0 Å². The van der Waals surface area contributed by atoms with Crippen LogP contribution in [0.25, 0.3) is 0 Å². The lowest BCUT2D eigenvalue weighted by molar-refractivity contribution is -0.137. The molecule has 0 atom stereocenters. The molecular formula is C17H13ClF3N5. The molecule has 2 aromatic carbocycles. The molecule has 5 nitrogen and oxygen atoms in total. The van der Waals surface area contributed by atoms with E-state index in [0.717, 1.165) is 12.1 Å². The lowest BCUT2D eigenvalue weighted by Crippen LogP contribution is -2.06. The lowest BCUT2D eigenvalue weighted by Gasteiger charge is -2.13. The fourth-order valence-corrected chi connectivity index (χ4v) is 2.37. The molecule has 0 amide bonds. The minimum Gasteiger partial charge on any atom is -0.393 e. The van der Waals surface area contributed by atoms with Crippen LogP contribution < -0.4 is 16.4 Å². The Labute approximate surface area is 152 Å². The molecule has 0 bridgehead atoms. The van der Waals surface area contributed by atoms with Gasteiger partial charge in [0.25, 0.3) is 0 Å². The summed E-state index contributed by atoms with van der Waals surface area (Å²) >= 11 is 5.94. The SMILES string of the molecule is Nc1c(Nc2ccc(C(F)(F)F)cc2)ncnc1Nc1cccc(Cl)c1. The summed E-state index contributed by atoms with van der Waals surface area (Å²) in [6, 6.07) is 11.5. The highest BCUT2D eigenvalue weighted by molar-refractivity contribution is 6.30. The first-order valence-corrected chi connectivity index (χ1v) is 7.78. The Hall–Kier alpha value is -3.00. The average molecular weight is 380 g/mol. The molecule has 0 fully saturated rings. The minimum atomic E-state index is -4.39. The standard InChI is InChI=1S/C17H13ClF3N5/c18-11-2-1-3-13(8-11)26-16-14(22)15(23-9-24-16)25-12-6-4-10(5-7-12)17(19,20)21/h1-9H,22H2,(H2,23,24,25,26). The Morgan fingerprint density at radius 2 is 1.50 bits per heavy atom. The Balaban J connectivity index is 1.81. The van der Waals surface area contributed by atoms with Gasteiger partial charge in [0, 0.05) is 16.4 Å². The summed E-state index contributed by atoms with van der Waals surface area (Å²) in [7, 11) is 0. The van der Waals surface area contributed by atoms with Gasteiger partial charge >= 0.3 is 6.18 Å². The lowest BCUT2D eigenvalue weighted by atomic mass is 10.2. The fraction of sp³-hybridized carbons (Fsp3) is 0.0588. The van der Waals surface area contributed by atoms with E-state index < -0.39 is 11.7 Å². The maximum absolute atomic E-state index is 12.6. The zero-order valence-corrected chi connectivity index (χ0v) is 13.9. The first-order valence-electron chi connectivity index (χ1n) is 7.40. The second-order valence-corrected chi connectivity index (χ2v) is 5.76. The minimum absolute atomic E-state index is 0.215. The largest absolute Gasteiger partial charge is 0.416 e. The summed E-state index contributed by atoms with van der Waals surface area (Å²) in [5, 5.41) is 6.44. The maximum Gasteiger partial charge on any atom is 0.416 e.